The number of benzene rings is 1. The van der Waals surface area contributed by atoms with Gasteiger partial charge in [-0.05, 0) is 25.0 Å². The Morgan fingerprint density at radius 1 is 1.26 bits per heavy atom. The quantitative estimate of drug-likeness (QED) is 0.910. The van der Waals surface area contributed by atoms with Crippen molar-refractivity contribution in [2.45, 2.75) is 25.4 Å². The van der Waals surface area contributed by atoms with E-state index in [1.54, 1.807) is 0 Å². The average Bonchev–Trinajstić information content (AvgIpc) is 2.93. The van der Waals surface area contributed by atoms with Crippen LogP contribution in [0, 0.1) is 0 Å². The number of aliphatic hydroxyl groups excluding tert-OH is 1. The number of para-hydroxylation sites is 1. The van der Waals surface area contributed by atoms with E-state index in [1.165, 1.54) is 0 Å². The van der Waals surface area contributed by atoms with Crippen LogP contribution in [0.3, 0.4) is 0 Å². The molecule has 0 aliphatic carbocycles. The standard InChI is InChI=1S/C14H17N3O2/c18-9-13-15-16-14(11-5-4-8-19-10-11)17(13)12-6-2-1-3-7-12/h1-3,6-7,11,18H,4-5,8-10H2. The van der Waals surface area contributed by atoms with Gasteiger partial charge in [0.15, 0.2) is 5.82 Å². The van der Waals surface area contributed by atoms with Crippen molar-refractivity contribution in [1.29, 1.82) is 0 Å². The highest BCUT2D eigenvalue weighted by Crippen LogP contribution is 2.26. The first-order valence-corrected chi connectivity index (χ1v) is 6.58. The van der Waals surface area contributed by atoms with Gasteiger partial charge in [0.25, 0.3) is 0 Å². The van der Waals surface area contributed by atoms with Gasteiger partial charge in [-0.25, -0.2) is 0 Å². The zero-order valence-electron chi connectivity index (χ0n) is 10.7. The highest BCUT2D eigenvalue weighted by Gasteiger charge is 2.24. The maximum atomic E-state index is 9.44. The first-order valence-electron chi connectivity index (χ1n) is 6.58. The van der Waals surface area contributed by atoms with E-state index in [9.17, 15) is 5.11 Å². The van der Waals surface area contributed by atoms with Crippen LogP contribution in [0.5, 0.6) is 0 Å². The van der Waals surface area contributed by atoms with E-state index in [4.69, 9.17) is 4.74 Å². The molecule has 2 aromatic rings. The largest absolute Gasteiger partial charge is 0.388 e. The molecule has 100 valence electrons. The van der Waals surface area contributed by atoms with Gasteiger partial charge >= 0.3 is 0 Å². The van der Waals surface area contributed by atoms with Crippen LogP contribution in [0.25, 0.3) is 5.69 Å². The van der Waals surface area contributed by atoms with Crippen LogP contribution in [0.4, 0.5) is 0 Å². The van der Waals surface area contributed by atoms with Crippen LogP contribution >= 0.6 is 0 Å². The lowest BCUT2D eigenvalue weighted by molar-refractivity contribution is 0.0774. The van der Waals surface area contributed by atoms with Crippen molar-refractivity contribution in [3.05, 3.63) is 42.0 Å². The maximum absolute atomic E-state index is 9.44. The van der Waals surface area contributed by atoms with E-state index in [1.807, 2.05) is 34.9 Å². The SMILES string of the molecule is OCc1nnc(C2CCCOC2)n1-c1ccccc1. The molecule has 1 fully saturated rings. The second kappa shape index (κ2) is 5.50. The minimum absolute atomic E-state index is 0.116. The van der Waals surface area contributed by atoms with Crippen molar-refractivity contribution in [2.24, 2.45) is 0 Å². The molecular weight excluding hydrogens is 242 g/mol. The summed E-state index contributed by atoms with van der Waals surface area (Å²) in [5, 5.41) is 17.8. The smallest absolute Gasteiger partial charge is 0.163 e. The first-order chi connectivity index (χ1) is 9.40. The average molecular weight is 259 g/mol. The number of hydrogen-bond donors (Lipinski definition) is 1. The molecule has 0 radical (unpaired) electrons. The molecule has 1 saturated heterocycles. The lowest BCUT2D eigenvalue weighted by Crippen LogP contribution is -2.19. The molecule has 5 heteroatoms. The molecule has 1 aromatic carbocycles. The van der Waals surface area contributed by atoms with Crippen molar-refractivity contribution in [1.82, 2.24) is 14.8 Å². The summed E-state index contributed by atoms with van der Waals surface area (Å²) in [5.41, 5.74) is 0.983. The second-order valence-electron chi connectivity index (χ2n) is 4.72. The van der Waals surface area contributed by atoms with Crippen LogP contribution in [0.15, 0.2) is 30.3 Å². The summed E-state index contributed by atoms with van der Waals surface area (Å²) in [4.78, 5) is 0. The van der Waals surface area contributed by atoms with E-state index in [0.29, 0.717) is 12.4 Å². The molecule has 1 unspecified atom stereocenters. The van der Waals surface area contributed by atoms with Crippen LogP contribution in [0.1, 0.15) is 30.4 Å². The number of ether oxygens (including phenoxy) is 1. The Morgan fingerprint density at radius 2 is 2.11 bits per heavy atom. The number of aromatic nitrogens is 3. The third kappa shape index (κ3) is 2.39. The van der Waals surface area contributed by atoms with Gasteiger partial charge < -0.3 is 9.84 Å². The number of aliphatic hydroxyl groups is 1. The molecule has 0 bridgehead atoms. The summed E-state index contributed by atoms with van der Waals surface area (Å²) in [6, 6.07) is 9.90. The molecule has 0 amide bonds. The van der Waals surface area contributed by atoms with Crippen LogP contribution in [0.2, 0.25) is 0 Å². The summed E-state index contributed by atoms with van der Waals surface area (Å²) >= 11 is 0. The van der Waals surface area contributed by atoms with Crippen molar-refractivity contribution in [2.75, 3.05) is 13.2 Å². The first kappa shape index (κ1) is 12.3. The third-order valence-corrected chi connectivity index (χ3v) is 3.44. The topological polar surface area (TPSA) is 60.2 Å². The lowest BCUT2D eigenvalue weighted by Gasteiger charge is -2.22. The third-order valence-electron chi connectivity index (χ3n) is 3.44. The van der Waals surface area contributed by atoms with Crippen molar-refractivity contribution < 1.29 is 9.84 Å². The van der Waals surface area contributed by atoms with Crippen LogP contribution < -0.4 is 0 Å². The summed E-state index contributed by atoms with van der Waals surface area (Å²) in [6.07, 6.45) is 2.09. The van der Waals surface area contributed by atoms with Gasteiger partial charge in [0.2, 0.25) is 0 Å². The van der Waals surface area contributed by atoms with E-state index in [0.717, 1.165) is 31.0 Å². The van der Waals surface area contributed by atoms with Gasteiger partial charge in [-0.15, -0.1) is 10.2 Å². The van der Waals surface area contributed by atoms with Crippen LogP contribution in [-0.2, 0) is 11.3 Å². The fourth-order valence-electron chi connectivity index (χ4n) is 2.50. The summed E-state index contributed by atoms with van der Waals surface area (Å²) in [7, 11) is 0. The fraction of sp³-hybridized carbons (Fsp3) is 0.429. The minimum atomic E-state index is -0.116. The number of hydrogen-bond acceptors (Lipinski definition) is 4. The highest BCUT2D eigenvalue weighted by atomic mass is 16.5. The van der Waals surface area contributed by atoms with Gasteiger partial charge in [0.1, 0.15) is 12.4 Å². The molecule has 3 rings (SSSR count). The zero-order chi connectivity index (χ0) is 13.1. The van der Waals surface area contributed by atoms with Gasteiger partial charge in [0.05, 0.1) is 6.61 Å². The van der Waals surface area contributed by atoms with Crippen molar-refractivity contribution in [3.8, 4) is 5.69 Å². The molecule has 2 heterocycles. The predicted molar refractivity (Wildman–Crippen MR) is 70.1 cm³/mol. The van der Waals surface area contributed by atoms with Crippen LogP contribution in [-0.4, -0.2) is 33.1 Å². The molecular formula is C14H17N3O2. The summed E-state index contributed by atoms with van der Waals surface area (Å²) in [6.45, 7) is 1.38. The normalized spacial score (nSPS) is 19.5. The molecule has 1 aliphatic heterocycles. The highest BCUT2D eigenvalue weighted by molar-refractivity contribution is 5.34. The fourth-order valence-corrected chi connectivity index (χ4v) is 2.50. The molecule has 5 nitrogen and oxygen atoms in total. The summed E-state index contributed by atoms with van der Waals surface area (Å²) < 4.78 is 7.47. The molecule has 1 aromatic heterocycles. The minimum Gasteiger partial charge on any atom is -0.388 e. The molecule has 1 aliphatic rings. The molecule has 1 atom stereocenters. The maximum Gasteiger partial charge on any atom is 0.163 e. The monoisotopic (exact) mass is 259 g/mol. The Hall–Kier alpha value is -1.72. The second-order valence-corrected chi connectivity index (χ2v) is 4.72. The Labute approximate surface area is 111 Å². The lowest BCUT2D eigenvalue weighted by atomic mass is 10.0. The number of nitrogens with zero attached hydrogens (tertiary/aromatic N) is 3. The molecule has 0 saturated carbocycles. The van der Waals surface area contributed by atoms with Gasteiger partial charge in [-0.1, -0.05) is 18.2 Å². The van der Waals surface area contributed by atoms with E-state index < -0.39 is 0 Å². The zero-order valence-corrected chi connectivity index (χ0v) is 10.7. The molecule has 19 heavy (non-hydrogen) atoms. The Kier molecular flexibility index (Phi) is 3.57. The Morgan fingerprint density at radius 3 is 2.79 bits per heavy atom. The van der Waals surface area contributed by atoms with Gasteiger partial charge in [0, 0.05) is 18.2 Å². The molecule has 1 N–H and O–H groups in total. The number of rotatable bonds is 3. The van der Waals surface area contributed by atoms with E-state index in [-0.39, 0.29) is 12.5 Å². The predicted octanol–water partition coefficient (Wildman–Crippen LogP) is 1.65. The van der Waals surface area contributed by atoms with E-state index in [2.05, 4.69) is 10.2 Å². The van der Waals surface area contributed by atoms with Gasteiger partial charge in [-0.2, -0.15) is 0 Å². The summed E-state index contributed by atoms with van der Waals surface area (Å²) in [5.74, 6) is 1.71. The van der Waals surface area contributed by atoms with E-state index >= 15 is 0 Å². The van der Waals surface area contributed by atoms with Gasteiger partial charge in [-0.3, -0.25) is 4.57 Å². The molecule has 0 spiro atoms. The Balaban J connectivity index is 2.03. The van der Waals surface area contributed by atoms with Crippen molar-refractivity contribution in [3.63, 3.8) is 0 Å². The Bertz CT molecular complexity index is 533. The van der Waals surface area contributed by atoms with Crippen molar-refractivity contribution >= 4 is 0 Å².